The van der Waals surface area contributed by atoms with Crippen LogP contribution in [0.25, 0.3) is 129 Å². The molecule has 0 amide bonds. The van der Waals surface area contributed by atoms with Gasteiger partial charge in [-0.05, 0) is 162 Å². The van der Waals surface area contributed by atoms with E-state index in [1.165, 1.54) is 0 Å². The molecule has 13 rings (SSSR count). The zero-order chi connectivity index (χ0) is 51.9. The number of halogens is 4. The maximum atomic E-state index is 11.1. The highest BCUT2D eigenvalue weighted by atomic mass is 127. The largest absolute Gasteiger partial charge is 0.324 e. The van der Waals surface area contributed by atoms with Crippen molar-refractivity contribution in [3.8, 4) is 109 Å². The SMILES string of the molecule is N#Cc1cc(I)ccc1-c1cc2c3nc4nc(nc5c6ccccc6c(nc6nc(nc([nH]3)c2c(-c2ccc(I)cc2C#N)c1-c1ccc(I)cc1C#N)-c1ccccc1-6)n5-c1ccc(I)cc1C#N)-c1ccccc1-4. The Balaban J connectivity index is 1.30. The molecule has 0 unspecified atom stereocenters. The molecule has 5 heterocycles. The Kier molecular flexibility index (Phi) is 11.9. The number of fused-ring (bicyclic) bond motifs is 20. The molecule has 0 atom stereocenters. The Morgan fingerprint density at radius 3 is 1.26 bits per heavy atom. The van der Waals surface area contributed by atoms with Crippen LogP contribution in [0.15, 0.2) is 152 Å². The Morgan fingerprint density at radius 2 is 0.763 bits per heavy atom. The van der Waals surface area contributed by atoms with Crippen molar-refractivity contribution in [1.29, 1.82) is 21.0 Å². The van der Waals surface area contributed by atoms with Gasteiger partial charge in [0.15, 0.2) is 23.3 Å². The molecule has 16 heteroatoms. The van der Waals surface area contributed by atoms with Gasteiger partial charge in [-0.15, -0.1) is 0 Å². The molecule has 0 saturated carbocycles. The molecular weight excluding hydrogens is 1400 g/mol. The number of nitrogens with zero attached hydrogens (tertiary/aromatic N) is 11. The van der Waals surface area contributed by atoms with E-state index in [1.54, 1.807) is 0 Å². The highest BCUT2D eigenvalue weighted by Crippen LogP contribution is 2.50. The van der Waals surface area contributed by atoms with Crippen LogP contribution in [0.4, 0.5) is 0 Å². The van der Waals surface area contributed by atoms with Gasteiger partial charge < -0.3 is 4.98 Å². The number of aromatic nitrogens is 8. The van der Waals surface area contributed by atoms with Gasteiger partial charge in [-0.3, -0.25) is 4.57 Å². The lowest BCUT2D eigenvalue weighted by atomic mass is 9.81. The summed E-state index contributed by atoms with van der Waals surface area (Å²) in [6.45, 7) is 0. The van der Waals surface area contributed by atoms with Crippen LogP contribution in [0.1, 0.15) is 22.3 Å². The maximum Gasteiger partial charge on any atom is 0.164 e. The van der Waals surface area contributed by atoms with Crippen LogP contribution in [-0.2, 0) is 0 Å². The monoisotopic (exact) mass is 1420 g/mol. The summed E-state index contributed by atoms with van der Waals surface area (Å²) in [5, 5.41) is 46.3. The predicted octanol–water partition coefficient (Wildman–Crippen LogP) is 15.2. The van der Waals surface area contributed by atoms with E-state index in [0.717, 1.165) is 41.7 Å². The second kappa shape index (κ2) is 19.0. The molecule has 8 bridgehead atoms. The van der Waals surface area contributed by atoms with Crippen LogP contribution < -0.4 is 0 Å². The normalized spacial score (nSPS) is 11.4. The number of H-pyrrole nitrogens is 1. The van der Waals surface area contributed by atoms with Crippen molar-refractivity contribution < 1.29 is 0 Å². The van der Waals surface area contributed by atoms with Gasteiger partial charge in [0.05, 0.1) is 46.1 Å². The molecule has 0 spiro atoms. The summed E-state index contributed by atoms with van der Waals surface area (Å²) in [6, 6.07) is 58.1. The van der Waals surface area contributed by atoms with E-state index < -0.39 is 0 Å². The lowest BCUT2D eigenvalue weighted by Gasteiger charge is -2.20. The molecule has 3 aromatic heterocycles. The molecule has 12 nitrogen and oxygen atoms in total. The van der Waals surface area contributed by atoms with Crippen molar-refractivity contribution in [2.45, 2.75) is 0 Å². The van der Waals surface area contributed by atoms with Gasteiger partial charge >= 0.3 is 0 Å². The first-order chi connectivity index (χ1) is 37.1. The van der Waals surface area contributed by atoms with E-state index in [2.05, 4.69) is 120 Å². The van der Waals surface area contributed by atoms with E-state index in [4.69, 9.17) is 29.9 Å². The van der Waals surface area contributed by atoms with E-state index >= 15 is 0 Å². The van der Waals surface area contributed by atoms with Crippen LogP contribution in [0, 0.1) is 59.6 Å². The Labute approximate surface area is 487 Å². The number of nitrogens with one attached hydrogen (secondary N) is 1. The average Bonchev–Trinajstić information content (AvgIpc) is 4.28. The summed E-state index contributed by atoms with van der Waals surface area (Å²) in [5.41, 5.74) is 10.5. The molecule has 11 aromatic rings. The smallest absolute Gasteiger partial charge is 0.164 e. The molecule has 0 fully saturated rings. The first-order valence-corrected chi connectivity index (χ1v) is 27.6. The molecule has 8 aromatic carbocycles. The number of nitriles is 4. The van der Waals surface area contributed by atoms with Crippen molar-refractivity contribution in [3.05, 3.63) is 188 Å². The number of hydrogen-bond acceptors (Lipinski definition) is 10. The highest BCUT2D eigenvalue weighted by molar-refractivity contribution is 14.1. The molecular formula is C60H26I4N12. The van der Waals surface area contributed by atoms with Gasteiger partial charge in [-0.25, -0.2) is 29.9 Å². The molecule has 2 aliphatic rings. The van der Waals surface area contributed by atoms with Gasteiger partial charge in [0, 0.05) is 80.3 Å². The summed E-state index contributed by atoms with van der Waals surface area (Å²) in [6.07, 6.45) is 0. The van der Waals surface area contributed by atoms with Gasteiger partial charge in [0.2, 0.25) is 0 Å². The van der Waals surface area contributed by atoms with Crippen LogP contribution in [0.5, 0.6) is 0 Å². The third-order valence-electron chi connectivity index (χ3n) is 13.4. The lowest BCUT2D eigenvalue weighted by molar-refractivity contribution is 1.08. The highest BCUT2D eigenvalue weighted by Gasteiger charge is 2.29. The summed E-state index contributed by atoms with van der Waals surface area (Å²) < 4.78 is 5.40. The Morgan fingerprint density at radius 1 is 0.355 bits per heavy atom. The van der Waals surface area contributed by atoms with Gasteiger partial charge in [-0.2, -0.15) is 21.0 Å². The van der Waals surface area contributed by atoms with Crippen LogP contribution in [-0.4, -0.2) is 39.5 Å². The summed E-state index contributed by atoms with van der Waals surface area (Å²) in [4.78, 5) is 36.0. The average molecular weight is 1420 g/mol. The molecule has 76 heavy (non-hydrogen) atoms. The van der Waals surface area contributed by atoms with Crippen molar-refractivity contribution in [2.24, 2.45) is 0 Å². The third kappa shape index (κ3) is 7.81. The quantitative estimate of drug-likeness (QED) is 0.166. The molecule has 0 radical (unpaired) electrons. The molecule has 0 saturated heterocycles. The molecule has 0 aliphatic carbocycles. The first kappa shape index (κ1) is 47.7. The minimum absolute atomic E-state index is 0.352. The fraction of sp³-hybridized carbons (Fsp3) is 0. The fourth-order valence-electron chi connectivity index (χ4n) is 10.2. The minimum Gasteiger partial charge on any atom is -0.324 e. The standard InChI is InChI=1S/C60H26I4N12/c61-34-13-17-38(30(21-34)26-65)47-25-48-52(51(40-19-15-36(63)23-32(40)28-67)50(47)39-18-14-35(62)22-31(39)27-66)58-72-54-42-8-2-4-10-44(42)56(70-54)75-60-46-12-6-5-11-45(46)59(76(60)49-20-16-37(64)24-33(49)29-68)74-55-43-9-3-1-7-41(43)53(69-55)71-57(48)73-58/h1-25H,(H,69,70,71,72,73,74,75). The van der Waals surface area contributed by atoms with Crippen molar-refractivity contribution in [1.82, 2.24) is 39.5 Å². The van der Waals surface area contributed by atoms with E-state index in [-0.39, 0.29) is 0 Å². The second-order valence-corrected chi connectivity index (χ2v) is 22.7. The zero-order valence-electron chi connectivity index (χ0n) is 38.9. The molecule has 2 aliphatic heterocycles. The zero-order valence-corrected chi connectivity index (χ0v) is 47.5. The van der Waals surface area contributed by atoms with Gasteiger partial charge in [0.1, 0.15) is 28.7 Å². The van der Waals surface area contributed by atoms with Crippen molar-refractivity contribution in [3.63, 3.8) is 0 Å². The summed E-state index contributed by atoms with van der Waals surface area (Å²) in [7, 11) is 0. The van der Waals surface area contributed by atoms with Crippen molar-refractivity contribution >= 4 is 134 Å². The lowest BCUT2D eigenvalue weighted by Crippen LogP contribution is -2.01. The summed E-state index contributed by atoms with van der Waals surface area (Å²) in [5.74, 6) is 1.49. The maximum absolute atomic E-state index is 11.1. The van der Waals surface area contributed by atoms with E-state index in [1.807, 2.05) is 156 Å². The number of hydrogen-bond donors (Lipinski definition) is 1. The van der Waals surface area contributed by atoms with Crippen LogP contribution >= 0.6 is 90.4 Å². The Bertz CT molecular complexity index is 4780. The Hall–Kier alpha value is -8.00. The summed E-state index contributed by atoms with van der Waals surface area (Å²) >= 11 is 8.84. The molecule has 354 valence electrons. The van der Waals surface area contributed by atoms with Crippen molar-refractivity contribution in [2.75, 3.05) is 0 Å². The van der Waals surface area contributed by atoms with E-state index in [9.17, 15) is 21.0 Å². The fourth-order valence-corrected chi connectivity index (χ4v) is 12.2. The minimum atomic E-state index is 0.352. The number of rotatable bonds is 4. The number of aromatic amines is 1. The second-order valence-electron chi connectivity index (χ2n) is 17.7. The van der Waals surface area contributed by atoms with Crippen LogP contribution in [0.2, 0.25) is 0 Å². The van der Waals surface area contributed by atoms with Crippen LogP contribution in [0.3, 0.4) is 0 Å². The van der Waals surface area contributed by atoms with E-state index in [0.29, 0.717) is 124 Å². The van der Waals surface area contributed by atoms with Gasteiger partial charge in [-0.1, -0.05) is 91.0 Å². The molecule has 1 N–H and O–H groups in total. The predicted molar refractivity (Wildman–Crippen MR) is 327 cm³/mol. The topological polar surface area (TPSA) is 193 Å². The third-order valence-corrected chi connectivity index (χ3v) is 16.1. The van der Waals surface area contributed by atoms with Gasteiger partial charge in [0.25, 0.3) is 0 Å². The number of benzene rings is 8. The first-order valence-electron chi connectivity index (χ1n) is 23.3.